The molecule has 1 saturated heterocycles. The highest BCUT2D eigenvalue weighted by Crippen LogP contribution is 2.53. The number of ether oxygens (including phenoxy) is 1. The van der Waals surface area contributed by atoms with Crippen molar-refractivity contribution in [2.75, 3.05) is 19.6 Å². The van der Waals surface area contributed by atoms with E-state index >= 15 is 0 Å². The molecular formula is C30H30N8O. The number of benzene rings is 1. The van der Waals surface area contributed by atoms with Gasteiger partial charge in [-0.1, -0.05) is 6.07 Å². The first-order valence-electron chi connectivity index (χ1n) is 13.7. The van der Waals surface area contributed by atoms with Gasteiger partial charge in [0.15, 0.2) is 0 Å². The van der Waals surface area contributed by atoms with Crippen molar-refractivity contribution in [3.05, 3.63) is 54.1 Å². The molecule has 5 aromatic rings. The van der Waals surface area contributed by atoms with Gasteiger partial charge < -0.3 is 9.72 Å². The van der Waals surface area contributed by atoms with Crippen LogP contribution < -0.4 is 0 Å². The average molecular weight is 519 g/mol. The zero-order chi connectivity index (χ0) is 26.4. The van der Waals surface area contributed by atoms with Gasteiger partial charge in [-0.3, -0.25) is 14.3 Å². The van der Waals surface area contributed by atoms with Gasteiger partial charge in [0, 0.05) is 85.6 Å². The zero-order valence-corrected chi connectivity index (χ0v) is 22.2. The van der Waals surface area contributed by atoms with Crippen molar-refractivity contribution in [3.63, 3.8) is 0 Å². The van der Waals surface area contributed by atoms with E-state index in [4.69, 9.17) is 9.72 Å². The lowest BCUT2D eigenvalue weighted by atomic mass is 9.86. The molecule has 9 heteroatoms. The number of hydrogen-bond acceptors (Lipinski definition) is 6. The summed E-state index contributed by atoms with van der Waals surface area (Å²) in [5.74, 6) is 0. The summed E-state index contributed by atoms with van der Waals surface area (Å²) in [6, 6.07) is 8.99. The minimum atomic E-state index is -0.374. The van der Waals surface area contributed by atoms with Crippen LogP contribution in [-0.2, 0) is 31.0 Å². The monoisotopic (exact) mass is 518 g/mol. The first-order chi connectivity index (χ1) is 19.0. The van der Waals surface area contributed by atoms with Gasteiger partial charge >= 0.3 is 0 Å². The predicted molar refractivity (Wildman–Crippen MR) is 147 cm³/mol. The second-order valence-electron chi connectivity index (χ2n) is 11.8. The maximum Gasteiger partial charge on any atom is 0.138 e. The summed E-state index contributed by atoms with van der Waals surface area (Å²) in [5.41, 5.74) is 8.53. The fourth-order valence-electron chi connectivity index (χ4n) is 7.01. The van der Waals surface area contributed by atoms with Crippen LogP contribution >= 0.6 is 0 Å². The van der Waals surface area contributed by atoms with Gasteiger partial charge in [0.25, 0.3) is 0 Å². The summed E-state index contributed by atoms with van der Waals surface area (Å²) in [4.78, 5) is 11.1. The molecule has 8 rings (SSSR count). The Morgan fingerprint density at radius 1 is 1.10 bits per heavy atom. The molecule has 1 atom stereocenters. The van der Waals surface area contributed by atoms with Crippen LogP contribution in [0.5, 0.6) is 0 Å². The van der Waals surface area contributed by atoms with Crippen LogP contribution in [0.1, 0.15) is 36.8 Å². The molecule has 1 saturated carbocycles. The van der Waals surface area contributed by atoms with E-state index in [0.29, 0.717) is 13.0 Å². The lowest BCUT2D eigenvalue weighted by Crippen LogP contribution is -2.34. The molecular weight excluding hydrogens is 488 g/mol. The number of hydrogen-bond donors (Lipinski definition) is 1. The van der Waals surface area contributed by atoms with Crippen LogP contribution in [0.25, 0.3) is 44.3 Å². The molecule has 1 aromatic carbocycles. The molecule has 0 bridgehead atoms. The van der Waals surface area contributed by atoms with E-state index in [2.05, 4.69) is 44.3 Å². The number of H-pyrrole nitrogens is 1. The van der Waals surface area contributed by atoms with E-state index in [1.54, 1.807) is 0 Å². The highest BCUT2D eigenvalue weighted by Gasteiger charge is 2.51. The molecule has 2 aliphatic heterocycles. The number of aromatic nitrogens is 6. The molecule has 1 aliphatic carbocycles. The molecule has 3 aliphatic rings. The fourth-order valence-corrected chi connectivity index (χ4v) is 7.01. The smallest absolute Gasteiger partial charge is 0.138 e. The van der Waals surface area contributed by atoms with Gasteiger partial charge in [-0.05, 0) is 42.4 Å². The van der Waals surface area contributed by atoms with E-state index in [1.807, 2.05) is 48.2 Å². The average Bonchev–Trinajstić information content (AvgIpc) is 3.44. The van der Waals surface area contributed by atoms with Gasteiger partial charge in [-0.2, -0.15) is 15.5 Å². The summed E-state index contributed by atoms with van der Waals surface area (Å²) in [5, 5.41) is 20.5. The maximum absolute atomic E-state index is 9.36. The highest BCUT2D eigenvalue weighted by atomic mass is 16.5. The summed E-state index contributed by atoms with van der Waals surface area (Å²) < 4.78 is 10.4. The minimum absolute atomic E-state index is 0.182. The Morgan fingerprint density at radius 3 is 2.79 bits per heavy atom. The zero-order valence-electron chi connectivity index (χ0n) is 22.2. The van der Waals surface area contributed by atoms with Crippen molar-refractivity contribution < 1.29 is 4.74 Å². The van der Waals surface area contributed by atoms with Crippen LogP contribution in [0.2, 0.25) is 0 Å². The second kappa shape index (κ2) is 8.01. The van der Waals surface area contributed by atoms with Crippen LogP contribution in [0, 0.1) is 16.7 Å². The van der Waals surface area contributed by atoms with Crippen molar-refractivity contribution >= 4 is 21.9 Å². The Labute approximate surface area is 226 Å². The van der Waals surface area contributed by atoms with Crippen molar-refractivity contribution in [3.8, 4) is 28.5 Å². The molecule has 6 heterocycles. The van der Waals surface area contributed by atoms with Crippen molar-refractivity contribution in [2.24, 2.45) is 19.5 Å². The summed E-state index contributed by atoms with van der Waals surface area (Å²) in [7, 11) is 3.92. The topological polar surface area (TPSA) is 101 Å². The Morgan fingerprint density at radius 2 is 2.00 bits per heavy atom. The van der Waals surface area contributed by atoms with Crippen LogP contribution in [0.3, 0.4) is 0 Å². The number of nitrogens with zero attached hydrogens (tertiary/aromatic N) is 7. The number of fused-ring (bicyclic) bond motifs is 5. The van der Waals surface area contributed by atoms with Crippen LogP contribution in [0.15, 0.2) is 43.0 Å². The lowest BCUT2D eigenvalue weighted by molar-refractivity contribution is -0.0296. The van der Waals surface area contributed by atoms with E-state index < -0.39 is 0 Å². The van der Waals surface area contributed by atoms with Crippen molar-refractivity contribution in [2.45, 2.75) is 37.9 Å². The number of likely N-dealkylation sites (tertiary alicyclic amines) is 1. The molecule has 1 N–H and O–H groups in total. The van der Waals surface area contributed by atoms with Crippen LogP contribution in [-0.4, -0.2) is 54.1 Å². The van der Waals surface area contributed by atoms with E-state index in [0.717, 1.165) is 83.2 Å². The minimum Gasteiger partial charge on any atom is -0.364 e. The van der Waals surface area contributed by atoms with E-state index in [-0.39, 0.29) is 11.0 Å². The van der Waals surface area contributed by atoms with Crippen molar-refractivity contribution in [1.29, 1.82) is 5.26 Å². The number of nitriles is 1. The molecule has 2 fully saturated rings. The molecule has 39 heavy (non-hydrogen) atoms. The number of nitrogens with one attached hydrogen (secondary N) is 1. The van der Waals surface area contributed by atoms with Gasteiger partial charge in [0.1, 0.15) is 11.2 Å². The number of aromatic amines is 1. The molecule has 1 spiro atoms. The normalized spacial score (nSPS) is 21.8. The summed E-state index contributed by atoms with van der Waals surface area (Å²) in [6.07, 6.45) is 11.8. The fraction of sp³-hybridized carbons (Fsp3) is 0.400. The van der Waals surface area contributed by atoms with E-state index in [9.17, 15) is 5.26 Å². The van der Waals surface area contributed by atoms with Crippen LogP contribution in [0.4, 0.5) is 0 Å². The third-order valence-corrected chi connectivity index (χ3v) is 9.17. The predicted octanol–water partition coefficient (Wildman–Crippen LogP) is 4.64. The largest absolute Gasteiger partial charge is 0.364 e. The number of aryl methyl sites for hydroxylation is 2. The quantitative estimate of drug-likeness (QED) is 0.364. The molecule has 0 radical (unpaired) electrons. The van der Waals surface area contributed by atoms with Gasteiger partial charge in [-0.15, -0.1) is 0 Å². The third-order valence-electron chi connectivity index (χ3n) is 9.17. The van der Waals surface area contributed by atoms with Gasteiger partial charge in [0.2, 0.25) is 0 Å². The molecule has 9 nitrogen and oxygen atoms in total. The molecule has 0 amide bonds. The number of pyridine rings is 1. The Kier molecular flexibility index (Phi) is 4.71. The molecule has 4 aromatic heterocycles. The van der Waals surface area contributed by atoms with Crippen molar-refractivity contribution in [1.82, 2.24) is 34.4 Å². The first kappa shape index (κ1) is 22.9. The van der Waals surface area contributed by atoms with E-state index in [1.165, 1.54) is 11.1 Å². The number of rotatable bonds is 5. The summed E-state index contributed by atoms with van der Waals surface area (Å²) in [6.45, 7) is 3.38. The first-order valence-corrected chi connectivity index (χ1v) is 13.7. The third kappa shape index (κ3) is 3.41. The summed E-state index contributed by atoms with van der Waals surface area (Å²) >= 11 is 0. The Bertz CT molecular complexity index is 1820. The highest BCUT2D eigenvalue weighted by molar-refractivity contribution is 6.06. The Balaban J connectivity index is 1.31. The second-order valence-corrected chi connectivity index (χ2v) is 11.8. The molecule has 1 unspecified atom stereocenters. The van der Waals surface area contributed by atoms with Gasteiger partial charge in [0.05, 0.1) is 36.3 Å². The lowest BCUT2D eigenvalue weighted by Gasteiger charge is -2.27. The standard InChI is InChI=1S/C30H30N8O/c1-36-15-21(14-33-36)27-24(19-3-4-23-20(11-19)13-34-37(23)2)25-26-22(12-32-28(25)35-27)16-39-30(26)8-10-38(18-30)17-29(5-6-29)7-9-31/h3-4,11-15H,5-8,10,16-18H2,1-2H3,(H,32,35). The maximum atomic E-state index is 9.36. The van der Waals surface area contributed by atoms with Gasteiger partial charge in [-0.25, -0.2) is 4.98 Å². The molecule has 196 valence electrons. The Hall–Kier alpha value is -4.00. The SMILES string of the molecule is Cn1cc(-c2[nH]c3ncc4c(c3c2-c2ccc3c(cnn3C)c2)C2(CCN(CC3(CC#N)CC3)C2)OC4)cn1.